The van der Waals surface area contributed by atoms with Crippen molar-refractivity contribution < 1.29 is 8.83 Å². The average molecular weight is 1030 g/mol. The van der Waals surface area contributed by atoms with E-state index in [0.717, 1.165) is 111 Å². The molecule has 14 rings (SSSR count). The van der Waals surface area contributed by atoms with E-state index in [-0.39, 0.29) is 0 Å². The van der Waals surface area contributed by atoms with E-state index in [9.17, 15) is 0 Å². The Morgan fingerprint density at radius 1 is 0.188 bits per heavy atom. The molecule has 3 aromatic heterocycles. The van der Waals surface area contributed by atoms with Gasteiger partial charge >= 0.3 is 0 Å². The Balaban J connectivity index is 0.843. The van der Waals surface area contributed by atoms with Gasteiger partial charge in [-0.3, -0.25) is 0 Å². The summed E-state index contributed by atoms with van der Waals surface area (Å²) in [5, 5.41) is 17.3. The SMILES string of the molecule is c1ccc(-c2ccc(-c3cc4nc(-c5ccc(-c6ccc(-c7nnc(-c8ccccc8)o7)cc6)cc5)c(-c5ccc(-c6ccc(-c7nnc(-c8ccccc8)o7)cc6)cc5)nc4cc3-c3ccc(-c4ccccc4)cc3)cc2)cc1. The minimum atomic E-state index is 0.470. The molecule has 0 bridgehead atoms. The van der Waals surface area contributed by atoms with Crippen LogP contribution in [0, 0.1) is 0 Å². The van der Waals surface area contributed by atoms with Gasteiger partial charge in [0.25, 0.3) is 0 Å². The van der Waals surface area contributed by atoms with Gasteiger partial charge in [-0.2, -0.15) is 0 Å². The molecule has 0 N–H and O–H groups in total. The molecule has 0 aliphatic rings. The maximum absolute atomic E-state index is 6.07. The van der Waals surface area contributed by atoms with E-state index in [2.05, 4.69) is 202 Å². The van der Waals surface area contributed by atoms with Gasteiger partial charge in [-0.25, -0.2) is 9.97 Å². The van der Waals surface area contributed by atoms with Crippen molar-refractivity contribution in [2.24, 2.45) is 0 Å². The van der Waals surface area contributed by atoms with Gasteiger partial charge in [0.1, 0.15) is 0 Å². The van der Waals surface area contributed by atoms with Crippen LogP contribution >= 0.6 is 0 Å². The highest BCUT2D eigenvalue weighted by molar-refractivity contribution is 5.96. The topological polar surface area (TPSA) is 104 Å². The van der Waals surface area contributed by atoms with Gasteiger partial charge in [0.15, 0.2) is 0 Å². The first-order valence-electron chi connectivity index (χ1n) is 26.5. The Labute approximate surface area is 462 Å². The van der Waals surface area contributed by atoms with E-state index < -0.39 is 0 Å². The predicted molar refractivity (Wildman–Crippen MR) is 320 cm³/mol. The van der Waals surface area contributed by atoms with Crippen LogP contribution in [0.1, 0.15) is 0 Å². The largest absolute Gasteiger partial charge is 0.416 e. The van der Waals surface area contributed by atoms with E-state index in [4.69, 9.17) is 18.8 Å². The van der Waals surface area contributed by atoms with Crippen LogP contribution in [-0.4, -0.2) is 30.4 Å². The van der Waals surface area contributed by atoms with Crippen LogP contribution in [0.5, 0.6) is 0 Å². The number of hydrogen-bond acceptors (Lipinski definition) is 8. The van der Waals surface area contributed by atoms with Crippen molar-refractivity contribution in [1.82, 2.24) is 30.4 Å². The Morgan fingerprint density at radius 2 is 0.388 bits per heavy atom. The van der Waals surface area contributed by atoms with Crippen LogP contribution in [0.25, 0.3) is 146 Å². The lowest BCUT2D eigenvalue weighted by atomic mass is 9.91. The van der Waals surface area contributed by atoms with Crippen molar-refractivity contribution in [3.05, 3.63) is 279 Å². The predicted octanol–water partition coefficient (Wildman–Crippen LogP) is 18.4. The molecule has 8 heteroatoms. The molecule has 0 unspecified atom stereocenters. The molecule has 14 aromatic rings. The molecule has 376 valence electrons. The van der Waals surface area contributed by atoms with Gasteiger partial charge in [0, 0.05) is 33.4 Å². The molecule has 0 aliphatic carbocycles. The second-order valence-electron chi connectivity index (χ2n) is 19.6. The molecule has 0 saturated carbocycles. The maximum Gasteiger partial charge on any atom is 0.248 e. The zero-order valence-corrected chi connectivity index (χ0v) is 43.1. The normalized spacial score (nSPS) is 11.2. The van der Waals surface area contributed by atoms with Gasteiger partial charge in [-0.15, -0.1) is 20.4 Å². The second kappa shape index (κ2) is 20.9. The summed E-state index contributed by atoms with van der Waals surface area (Å²) in [5.41, 5.74) is 21.7. The van der Waals surface area contributed by atoms with E-state index in [0.29, 0.717) is 23.6 Å². The summed E-state index contributed by atoms with van der Waals surface area (Å²) in [6, 6.07) is 96.2. The van der Waals surface area contributed by atoms with Crippen molar-refractivity contribution in [3.63, 3.8) is 0 Å². The standard InChI is InChI=1S/C72H46N6O2/c1-5-13-47(14-6-1)49-21-33-55(34-22-49)63-45-65-66(46-64(63)56-35-23-50(24-36-56)48-15-7-2-8-16-48)74-68(58-39-27-52(28-40-58)54-31-43-62(44-32-54)72-78-76-70(80-72)60-19-11-4-12-20-60)67(73-65)57-37-25-51(26-38-57)53-29-41-61(42-30-53)71-77-75-69(79-71)59-17-9-3-10-18-59/h1-46H. The first-order valence-corrected chi connectivity index (χ1v) is 26.5. The number of rotatable bonds is 12. The molecule has 8 nitrogen and oxygen atoms in total. The van der Waals surface area contributed by atoms with Gasteiger partial charge in [0.2, 0.25) is 23.6 Å². The summed E-state index contributed by atoms with van der Waals surface area (Å²) in [6.45, 7) is 0. The Bertz CT molecular complexity index is 4140. The first-order chi connectivity index (χ1) is 39.6. The molecule has 0 saturated heterocycles. The smallest absolute Gasteiger partial charge is 0.248 e. The number of benzene rings is 11. The molecule has 80 heavy (non-hydrogen) atoms. The second-order valence-corrected chi connectivity index (χ2v) is 19.6. The highest BCUT2D eigenvalue weighted by Crippen LogP contribution is 2.41. The molecule has 0 amide bonds. The number of aromatic nitrogens is 6. The third-order valence-electron chi connectivity index (χ3n) is 14.5. The van der Waals surface area contributed by atoms with Crippen LogP contribution in [0.4, 0.5) is 0 Å². The van der Waals surface area contributed by atoms with Gasteiger partial charge < -0.3 is 8.83 Å². The van der Waals surface area contributed by atoms with Crippen molar-refractivity contribution in [2.45, 2.75) is 0 Å². The number of nitrogens with zero attached hydrogens (tertiary/aromatic N) is 6. The van der Waals surface area contributed by atoms with Crippen molar-refractivity contribution in [3.8, 4) is 135 Å². The summed E-state index contributed by atoms with van der Waals surface area (Å²) in [7, 11) is 0. The summed E-state index contributed by atoms with van der Waals surface area (Å²) in [6.07, 6.45) is 0. The average Bonchev–Trinajstić information content (AvgIpc) is 4.27. The molecule has 0 spiro atoms. The van der Waals surface area contributed by atoms with Crippen molar-refractivity contribution >= 4 is 11.0 Å². The van der Waals surface area contributed by atoms with Crippen LogP contribution in [0.15, 0.2) is 288 Å². The molecular formula is C72H46N6O2. The maximum atomic E-state index is 6.07. The lowest BCUT2D eigenvalue weighted by Gasteiger charge is -2.16. The highest BCUT2D eigenvalue weighted by atomic mass is 16.4. The summed E-state index contributed by atoms with van der Waals surface area (Å²) < 4.78 is 12.1. The van der Waals surface area contributed by atoms with Gasteiger partial charge in [-0.1, -0.05) is 218 Å². The third-order valence-corrected chi connectivity index (χ3v) is 14.5. The minimum Gasteiger partial charge on any atom is -0.416 e. The molecule has 3 heterocycles. The van der Waals surface area contributed by atoms with E-state index in [1.165, 1.54) is 11.1 Å². The fraction of sp³-hybridized carbons (Fsp3) is 0. The molecule has 0 fully saturated rings. The first kappa shape index (κ1) is 47.5. The lowest BCUT2D eigenvalue weighted by Crippen LogP contribution is -1.97. The third kappa shape index (κ3) is 9.54. The zero-order valence-electron chi connectivity index (χ0n) is 43.1. The Morgan fingerprint density at radius 3 is 0.662 bits per heavy atom. The molecule has 0 atom stereocenters. The summed E-state index contributed by atoms with van der Waals surface area (Å²) in [5.74, 6) is 1.91. The van der Waals surface area contributed by atoms with E-state index >= 15 is 0 Å². The Kier molecular flexibility index (Phi) is 12.4. The van der Waals surface area contributed by atoms with E-state index in [1.807, 2.05) is 97.1 Å². The van der Waals surface area contributed by atoms with Gasteiger partial charge in [-0.05, 0) is 127 Å². The lowest BCUT2D eigenvalue weighted by molar-refractivity contribution is 0.584. The molecular weight excluding hydrogens is 981 g/mol. The molecule has 11 aromatic carbocycles. The fourth-order valence-corrected chi connectivity index (χ4v) is 10.3. The zero-order chi connectivity index (χ0) is 53.2. The molecule has 0 aliphatic heterocycles. The van der Waals surface area contributed by atoms with Crippen LogP contribution in [-0.2, 0) is 0 Å². The number of fused-ring (bicyclic) bond motifs is 1. The van der Waals surface area contributed by atoms with Crippen LogP contribution < -0.4 is 0 Å². The Hall–Kier alpha value is -11.0. The number of hydrogen-bond donors (Lipinski definition) is 0. The van der Waals surface area contributed by atoms with Crippen LogP contribution in [0.3, 0.4) is 0 Å². The fourth-order valence-electron chi connectivity index (χ4n) is 10.3. The van der Waals surface area contributed by atoms with Crippen LogP contribution in [0.2, 0.25) is 0 Å². The molecule has 0 radical (unpaired) electrons. The minimum absolute atomic E-state index is 0.470. The monoisotopic (exact) mass is 1030 g/mol. The van der Waals surface area contributed by atoms with E-state index in [1.54, 1.807) is 0 Å². The highest BCUT2D eigenvalue weighted by Gasteiger charge is 2.19. The van der Waals surface area contributed by atoms with Crippen molar-refractivity contribution in [2.75, 3.05) is 0 Å². The summed E-state index contributed by atoms with van der Waals surface area (Å²) >= 11 is 0. The summed E-state index contributed by atoms with van der Waals surface area (Å²) in [4.78, 5) is 11.1. The van der Waals surface area contributed by atoms with Gasteiger partial charge in [0.05, 0.1) is 22.4 Å². The quantitative estimate of drug-likeness (QED) is 0.119. The van der Waals surface area contributed by atoms with Crippen molar-refractivity contribution in [1.29, 1.82) is 0 Å².